The topological polar surface area (TPSA) is 216 Å². The van der Waals surface area contributed by atoms with Gasteiger partial charge in [-0.2, -0.15) is 0 Å². The second-order valence-electron chi connectivity index (χ2n) is 17.5. The average molecular weight is 836 g/mol. The zero-order valence-electron chi connectivity index (χ0n) is 36.3. The Morgan fingerprint density at radius 1 is 0.932 bits per heavy atom. The molecule has 15 atom stereocenters. The normalized spacial score (nSPS) is 40.3. The summed E-state index contributed by atoms with van der Waals surface area (Å²) in [6.07, 6.45) is -1.07. The zero-order valence-corrected chi connectivity index (χ0v) is 36.3. The number of esters is 2. The third kappa shape index (κ3) is 11.5. The van der Waals surface area contributed by atoms with Crippen molar-refractivity contribution < 1.29 is 68.1 Å². The van der Waals surface area contributed by atoms with Gasteiger partial charge in [0.15, 0.2) is 0 Å². The van der Waals surface area contributed by atoms with Crippen LogP contribution in [0.15, 0.2) is 23.3 Å². The van der Waals surface area contributed by atoms with Crippen LogP contribution in [0.4, 0.5) is 0 Å². The molecule has 3 fully saturated rings. The molecule has 0 radical (unpaired) electrons. The minimum absolute atomic E-state index is 0.0356. The van der Waals surface area contributed by atoms with E-state index >= 15 is 0 Å². The maximum atomic E-state index is 14.3. The van der Waals surface area contributed by atoms with Crippen LogP contribution in [0.2, 0.25) is 0 Å². The molecule has 4 rings (SSSR count). The largest absolute Gasteiger partial charge is 0.458 e. The molecule has 4 N–H and O–H groups in total. The molecular formula is C44H69NO14. The number of aliphatic hydroxyl groups excluding tert-OH is 3. The predicted octanol–water partition coefficient (Wildman–Crippen LogP) is 3.36. The van der Waals surface area contributed by atoms with E-state index in [1.807, 2.05) is 19.9 Å². The van der Waals surface area contributed by atoms with Crippen LogP contribution in [0.5, 0.6) is 0 Å². The summed E-state index contributed by atoms with van der Waals surface area (Å²) in [6.45, 7) is 11.8. The number of fused-ring (bicyclic) bond motifs is 3. The number of rotatable bonds is 6. The Morgan fingerprint density at radius 3 is 2.20 bits per heavy atom. The predicted molar refractivity (Wildman–Crippen MR) is 214 cm³/mol. The van der Waals surface area contributed by atoms with Gasteiger partial charge in [-0.25, -0.2) is 4.79 Å². The van der Waals surface area contributed by atoms with Gasteiger partial charge in [-0.1, -0.05) is 39.8 Å². The molecular weight excluding hydrogens is 766 g/mol. The molecule has 0 aromatic heterocycles. The van der Waals surface area contributed by atoms with Gasteiger partial charge in [0, 0.05) is 51.9 Å². The van der Waals surface area contributed by atoms with Crippen molar-refractivity contribution in [1.29, 1.82) is 0 Å². The van der Waals surface area contributed by atoms with Gasteiger partial charge in [-0.15, -0.1) is 0 Å². The fourth-order valence-corrected chi connectivity index (χ4v) is 9.45. The highest BCUT2D eigenvalue weighted by Gasteiger charge is 2.57. The lowest BCUT2D eigenvalue weighted by atomic mass is 9.81. The van der Waals surface area contributed by atoms with E-state index in [1.54, 1.807) is 33.8 Å². The van der Waals surface area contributed by atoms with Gasteiger partial charge in [-0.3, -0.25) is 19.2 Å². The Labute approximate surface area is 348 Å². The Balaban J connectivity index is 1.83. The van der Waals surface area contributed by atoms with Crippen LogP contribution in [-0.2, 0) is 47.7 Å². The van der Waals surface area contributed by atoms with Crippen molar-refractivity contribution in [1.82, 2.24) is 4.90 Å². The van der Waals surface area contributed by atoms with Gasteiger partial charge in [0.2, 0.25) is 5.79 Å². The van der Waals surface area contributed by atoms with E-state index < -0.39 is 108 Å². The van der Waals surface area contributed by atoms with Crippen LogP contribution < -0.4 is 0 Å². The van der Waals surface area contributed by atoms with E-state index in [4.69, 9.17) is 23.7 Å². The lowest BCUT2D eigenvalue weighted by Crippen LogP contribution is -2.64. The number of allylic oxidation sites excluding steroid dienone is 2. The summed E-state index contributed by atoms with van der Waals surface area (Å²) in [7, 11) is 2.91. The van der Waals surface area contributed by atoms with Crippen molar-refractivity contribution in [2.75, 3.05) is 20.8 Å². The molecule has 1 amide bonds. The van der Waals surface area contributed by atoms with Gasteiger partial charge in [0.1, 0.15) is 30.1 Å². The molecule has 3 aliphatic heterocycles. The third-order valence-electron chi connectivity index (χ3n) is 13.2. The Kier molecular flexibility index (Phi) is 17.4. The third-order valence-corrected chi connectivity index (χ3v) is 13.2. The maximum absolute atomic E-state index is 14.3. The first-order valence-electron chi connectivity index (χ1n) is 21.4. The number of Topliss-reactive ketones (excluding diaryl/α,β-unsaturated/α-hetero) is 2. The number of hydrogen-bond acceptors (Lipinski definition) is 14. The number of ether oxygens (including phenoxy) is 5. The number of aliphatic hydroxyl groups is 4. The molecule has 0 aromatic rings. The van der Waals surface area contributed by atoms with Crippen molar-refractivity contribution in [2.24, 2.45) is 29.6 Å². The van der Waals surface area contributed by atoms with Crippen molar-refractivity contribution in [2.45, 2.75) is 173 Å². The molecule has 2 saturated heterocycles. The minimum atomic E-state index is -2.61. The van der Waals surface area contributed by atoms with Gasteiger partial charge in [0.05, 0.1) is 30.5 Å². The molecule has 0 aromatic carbocycles. The van der Waals surface area contributed by atoms with Crippen LogP contribution in [0, 0.1) is 29.6 Å². The molecule has 334 valence electrons. The number of hydrogen-bond donors (Lipinski definition) is 4. The number of methoxy groups -OCH3 is 2. The van der Waals surface area contributed by atoms with Crippen LogP contribution in [0.1, 0.15) is 113 Å². The monoisotopic (exact) mass is 835 g/mol. The van der Waals surface area contributed by atoms with Crippen molar-refractivity contribution in [3.05, 3.63) is 23.3 Å². The lowest BCUT2D eigenvalue weighted by molar-refractivity contribution is -0.303. The molecule has 1 saturated carbocycles. The summed E-state index contributed by atoms with van der Waals surface area (Å²) in [5, 5.41) is 44.3. The fraction of sp³-hybridized carbons (Fsp3) is 0.795. The molecule has 15 unspecified atom stereocenters. The highest BCUT2D eigenvalue weighted by molar-refractivity contribution is 6.39. The van der Waals surface area contributed by atoms with Crippen molar-refractivity contribution >= 4 is 29.4 Å². The van der Waals surface area contributed by atoms with E-state index in [2.05, 4.69) is 0 Å². The van der Waals surface area contributed by atoms with Gasteiger partial charge < -0.3 is 49.0 Å². The van der Waals surface area contributed by atoms with Crippen LogP contribution in [0.25, 0.3) is 0 Å². The van der Waals surface area contributed by atoms with Gasteiger partial charge in [-0.05, 0) is 94.6 Å². The summed E-state index contributed by atoms with van der Waals surface area (Å²) in [4.78, 5) is 70.4. The number of carbonyl (C=O) groups excluding carboxylic acids is 5. The standard InChI is InChI=1S/C44H69NO14/c1-10-30-18-24(3)38(57-28(7)46)25(4)19-36(55-8)40-37(56-9)20-26(5)44(54,59-40)41(51)42(52)45-16-12-11-13-31(45)43(53)58-39(27(6)33(48)22-34(30)49)23(2)17-29-14-15-32(47)35(50)21-29/h17-18,25-27,29-33,35-40,47-48,50,54H,10-16,19-22H2,1-9H3. The molecule has 4 aliphatic rings. The molecule has 0 spiro atoms. The van der Waals surface area contributed by atoms with E-state index in [1.165, 1.54) is 21.1 Å². The first kappa shape index (κ1) is 48.6. The van der Waals surface area contributed by atoms with Gasteiger partial charge in [0.25, 0.3) is 11.7 Å². The number of carbonyl (C=O) groups is 5. The van der Waals surface area contributed by atoms with Crippen LogP contribution >= 0.6 is 0 Å². The summed E-state index contributed by atoms with van der Waals surface area (Å²) in [5.74, 6) is -9.60. The number of piperidine rings is 1. The molecule has 15 heteroatoms. The minimum Gasteiger partial charge on any atom is -0.458 e. The highest BCUT2D eigenvalue weighted by Crippen LogP contribution is 2.39. The summed E-state index contributed by atoms with van der Waals surface area (Å²) < 4.78 is 30.0. The van der Waals surface area contributed by atoms with E-state index in [9.17, 15) is 44.4 Å². The second-order valence-corrected chi connectivity index (χ2v) is 17.5. The molecule has 15 nitrogen and oxygen atoms in total. The van der Waals surface area contributed by atoms with Gasteiger partial charge >= 0.3 is 11.9 Å². The Morgan fingerprint density at radius 2 is 1.59 bits per heavy atom. The first-order chi connectivity index (χ1) is 27.8. The summed E-state index contributed by atoms with van der Waals surface area (Å²) >= 11 is 0. The lowest BCUT2D eigenvalue weighted by Gasteiger charge is -2.47. The Hall–Kier alpha value is -3.05. The van der Waals surface area contributed by atoms with E-state index in [0.717, 1.165) is 4.90 Å². The molecule has 1 aliphatic carbocycles. The SMILES string of the molecule is CCC1C=C(C)C(OC(C)=O)C(C)CC(OC)C2OC(O)(C(=O)C(=O)N3CCCCC3C(=O)OC(C(C)=CC3CCC(O)C(O)C3)C(C)C(O)CC1=O)C(C)CC2OC. The highest BCUT2D eigenvalue weighted by atomic mass is 16.7. The number of nitrogens with zero attached hydrogens (tertiary/aromatic N) is 1. The molecule has 59 heavy (non-hydrogen) atoms. The smallest absolute Gasteiger partial charge is 0.329 e. The van der Waals surface area contributed by atoms with Crippen LogP contribution in [0.3, 0.4) is 0 Å². The van der Waals surface area contributed by atoms with Crippen molar-refractivity contribution in [3.63, 3.8) is 0 Å². The molecule has 2 bridgehead atoms. The van der Waals surface area contributed by atoms with E-state index in [0.29, 0.717) is 43.3 Å². The second kappa shape index (κ2) is 21.2. The average Bonchev–Trinajstić information content (AvgIpc) is 3.20. The summed E-state index contributed by atoms with van der Waals surface area (Å²) in [6, 6.07) is -1.20. The maximum Gasteiger partial charge on any atom is 0.329 e. The molecule has 3 heterocycles. The number of ketones is 2. The van der Waals surface area contributed by atoms with E-state index in [-0.39, 0.29) is 50.4 Å². The summed E-state index contributed by atoms with van der Waals surface area (Å²) in [5.41, 5.74) is 1.15. The quantitative estimate of drug-likeness (QED) is 0.172. The number of amides is 1. The first-order valence-corrected chi connectivity index (χ1v) is 21.4. The van der Waals surface area contributed by atoms with Crippen LogP contribution in [-0.4, -0.2) is 136 Å². The number of cyclic esters (lactones) is 1. The zero-order chi connectivity index (χ0) is 43.9. The Bertz CT molecular complexity index is 1560. The fourth-order valence-electron chi connectivity index (χ4n) is 9.45. The van der Waals surface area contributed by atoms with Crippen molar-refractivity contribution in [3.8, 4) is 0 Å².